The van der Waals surface area contributed by atoms with Gasteiger partial charge in [0.05, 0.1) is 11.0 Å². The zero-order chi connectivity index (χ0) is 17.1. The minimum Gasteiger partial charge on any atom is -0.481 e. The van der Waals surface area contributed by atoms with E-state index in [0.717, 1.165) is 23.1 Å². The second-order valence-corrected chi connectivity index (χ2v) is 5.73. The number of benzene rings is 2. The zero-order valence-electron chi connectivity index (χ0n) is 14.1. The van der Waals surface area contributed by atoms with Crippen molar-refractivity contribution in [2.45, 2.75) is 33.4 Å². The molecule has 1 unspecified atom stereocenters. The number of aryl methyl sites for hydroxylation is 2. The van der Waals surface area contributed by atoms with Crippen LogP contribution >= 0.6 is 0 Å². The van der Waals surface area contributed by atoms with Gasteiger partial charge in [0.1, 0.15) is 5.75 Å². The van der Waals surface area contributed by atoms with Gasteiger partial charge in [0.2, 0.25) is 5.95 Å². The van der Waals surface area contributed by atoms with Crippen LogP contribution in [0.15, 0.2) is 48.5 Å². The number of nitrogens with zero attached hydrogens (tertiary/aromatic N) is 2. The number of carbonyl (C=O) groups excluding carboxylic acids is 1. The first-order valence-electron chi connectivity index (χ1n) is 8.08. The van der Waals surface area contributed by atoms with Crippen molar-refractivity contribution in [2.24, 2.45) is 0 Å². The highest BCUT2D eigenvalue weighted by molar-refractivity contribution is 5.94. The molecule has 0 saturated carbocycles. The molecule has 0 saturated heterocycles. The summed E-state index contributed by atoms with van der Waals surface area (Å²) in [7, 11) is 0. The molecule has 124 valence electrons. The van der Waals surface area contributed by atoms with E-state index < -0.39 is 6.10 Å². The van der Waals surface area contributed by atoms with Crippen LogP contribution in [0.1, 0.15) is 19.4 Å². The van der Waals surface area contributed by atoms with Gasteiger partial charge in [-0.2, -0.15) is 0 Å². The fraction of sp³-hybridized carbons (Fsp3) is 0.263. The summed E-state index contributed by atoms with van der Waals surface area (Å²) >= 11 is 0. The van der Waals surface area contributed by atoms with Crippen LogP contribution in [0.4, 0.5) is 5.95 Å². The number of imidazole rings is 1. The van der Waals surface area contributed by atoms with E-state index in [1.54, 1.807) is 6.92 Å². The number of ether oxygens (including phenoxy) is 1. The summed E-state index contributed by atoms with van der Waals surface area (Å²) in [5, 5.41) is 2.87. The molecular weight excluding hydrogens is 302 g/mol. The number of aromatic nitrogens is 2. The van der Waals surface area contributed by atoms with E-state index in [9.17, 15) is 4.79 Å². The molecule has 1 amide bonds. The fourth-order valence-electron chi connectivity index (χ4n) is 2.65. The summed E-state index contributed by atoms with van der Waals surface area (Å²) in [6.45, 7) is 6.47. The number of para-hydroxylation sites is 2. The van der Waals surface area contributed by atoms with E-state index in [1.807, 2.05) is 66.9 Å². The molecule has 1 heterocycles. The number of hydrogen-bond donors (Lipinski definition) is 1. The van der Waals surface area contributed by atoms with Crippen LogP contribution in [0.5, 0.6) is 5.75 Å². The van der Waals surface area contributed by atoms with E-state index in [0.29, 0.717) is 11.7 Å². The molecule has 0 aliphatic rings. The molecule has 5 nitrogen and oxygen atoms in total. The molecule has 0 aliphatic carbocycles. The molecule has 5 heteroatoms. The van der Waals surface area contributed by atoms with Gasteiger partial charge in [0.25, 0.3) is 5.91 Å². The monoisotopic (exact) mass is 323 g/mol. The maximum absolute atomic E-state index is 12.5. The van der Waals surface area contributed by atoms with Crippen LogP contribution in [0, 0.1) is 6.92 Å². The first-order valence-corrected chi connectivity index (χ1v) is 8.08. The van der Waals surface area contributed by atoms with E-state index in [1.165, 1.54) is 0 Å². The highest BCUT2D eigenvalue weighted by Gasteiger charge is 2.18. The molecular formula is C19H21N3O2. The van der Waals surface area contributed by atoms with Crippen molar-refractivity contribution >= 4 is 22.9 Å². The van der Waals surface area contributed by atoms with Crippen molar-refractivity contribution in [3.05, 3.63) is 54.1 Å². The SMILES string of the molecule is CCn1c(NC(=O)C(C)Oc2cccc(C)c2)nc2ccccc21. The maximum Gasteiger partial charge on any atom is 0.267 e. The fourth-order valence-corrected chi connectivity index (χ4v) is 2.65. The Kier molecular flexibility index (Phi) is 4.51. The molecule has 3 rings (SSSR count). The Bertz CT molecular complexity index is 870. The van der Waals surface area contributed by atoms with Gasteiger partial charge in [-0.1, -0.05) is 24.3 Å². The molecule has 1 aromatic heterocycles. The minimum absolute atomic E-state index is 0.221. The first kappa shape index (κ1) is 16.1. The molecule has 2 aromatic carbocycles. The van der Waals surface area contributed by atoms with Crippen molar-refractivity contribution in [1.82, 2.24) is 9.55 Å². The third-order valence-electron chi connectivity index (χ3n) is 3.88. The highest BCUT2D eigenvalue weighted by Crippen LogP contribution is 2.20. The van der Waals surface area contributed by atoms with Gasteiger partial charge >= 0.3 is 0 Å². The second-order valence-electron chi connectivity index (χ2n) is 5.73. The standard InChI is InChI=1S/C19H21N3O2/c1-4-22-17-11-6-5-10-16(17)20-19(22)21-18(23)14(3)24-15-9-7-8-13(2)12-15/h5-12,14H,4H2,1-3H3,(H,20,21,23). The number of nitrogens with one attached hydrogen (secondary N) is 1. The van der Waals surface area contributed by atoms with Gasteiger partial charge in [0.15, 0.2) is 6.10 Å². The number of amides is 1. The number of rotatable bonds is 5. The summed E-state index contributed by atoms with van der Waals surface area (Å²) < 4.78 is 7.71. The van der Waals surface area contributed by atoms with E-state index in [4.69, 9.17) is 4.74 Å². The van der Waals surface area contributed by atoms with Crippen molar-refractivity contribution in [2.75, 3.05) is 5.32 Å². The Morgan fingerprint density at radius 3 is 2.79 bits per heavy atom. The largest absolute Gasteiger partial charge is 0.481 e. The van der Waals surface area contributed by atoms with Gasteiger partial charge in [-0.25, -0.2) is 4.98 Å². The molecule has 0 spiro atoms. The lowest BCUT2D eigenvalue weighted by Crippen LogP contribution is -2.31. The number of anilines is 1. The van der Waals surface area contributed by atoms with Gasteiger partial charge in [-0.3, -0.25) is 10.1 Å². The zero-order valence-corrected chi connectivity index (χ0v) is 14.1. The summed E-state index contributed by atoms with van der Waals surface area (Å²) in [6, 6.07) is 15.5. The van der Waals surface area contributed by atoms with Gasteiger partial charge in [-0.15, -0.1) is 0 Å². The second kappa shape index (κ2) is 6.74. The predicted molar refractivity (Wildman–Crippen MR) is 95.3 cm³/mol. The van der Waals surface area contributed by atoms with Crippen LogP contribution in [-0.2, 0) is 11.3 Å². The molecule has 0 aliphatic heterocycles. The molecule has 0 bridgehead atoms. The maximum atomic E-state index is 12.5. The average molecular weight is 323 g/mol. The Balaban J connectivity index is 1.77. The third-order valence-corrected chi connectivity index (χ3v) is 3.88. The van der Waals surface area contributed by atoms with Crippen LogP contribution in [0.2, 0.25) is 0 Å². The lowest BCUT2D eigenvalue weighted by Gasteiger charge is -2.15. The molecule has 24 heavy (non-hydrogen) atoms. The molecule has 1 N–H and O–H groups in total. The van der Waals surface area contributed by atoms with Crippen molar-refractivity contribution < 1.29 is 9.53 Å². The highest BCUT2D eigenvalue weighted by atomic mass is 16.5. The summed E-state index contributed by atoms with van der Waals surface area (Å²) in [5.41, 5.74) is 2.96. The molecule has 1 atom stereocenters. The smallest absolute Gasteiger partial charge is 0.267 e. The number of carbonyl (C=O) groups is 1. The van der Waals surface area contributed by atoms with E-state index in [2.05, 4.69) is 10.3 Å². The molecule has 0 radical (unpaired) electrons. The number of hydrogen-bond acceptors (Lipinski definition) is 3. The summed E-state index contributed by atoms with van der Waals surface area (Å²) in [6.07, 6.45) is -0.614. The minimum atomic E-state index is -0.614. The molecule has 0 fully saturated rings. The first-order chi connectivity index (χ1) is 11.6. The van der Waals surface area contributed by atoms with Crippen molar-refractivity contribution in [1.29, 1.82) is 0 Å². The average Bonchev–Trinajstić information content (AvgIpc) is 2.91. The van der Waals surface area contributed by atoms with Gasteiger partial charge in [0, 0.05) is 6.54 Å². The van der Waals surface area contributed by atoms with Crippen LogP contribution in [0.3, 0.4) is 0 Å². The Labute approximate surface area is 141 Å². The summed E-state index contributed by atoms with van der Waals surface area (Å²) in [5.74, 6) is 1.01. The van der Waals surface area contributed by atoms with Gasteiger partial charge < -0.3 is 9.30 Å². The quantitative estimate of drug-likeness (QED) is 0.777. The van der Waals surface area contributed by atoms with E-state index in [-0.39, 0.29) is 5.91 Å². The van der Waals surface area contributed by atoms with Gasteiger partial charge in [-0.05, 0) is 50.6 Å². The van der Waals surface area contributed by atoms with Crippen LogP contribution < -0.4 is 10.1 Å². The Morgan fingerprint density at radius 1 is 1.25 bits per heavy atom. The summed E-state index contributed by atoms with van der Waals surface area (Å²) in [4.78, 5) is 17.0. The topological polar surface area (TPSA) is 56.2 Å². The van der Waals surface area contributed by atoms with E-state index >= 15 is 0 Å². The van der Waals surface area contributed by atoms with Crippen molar-refractivity contribution in [3.63, 3.8) is 0 Å². The third kappa shape index (κ3) is 3.25. The van der Waals surface area contributed by atoms with Crippen molar-refractivity contribution in [3.8, 4) is 5.75 Å². The molecule has 3 aromatic rings. The Morgan fingerprint density at radius 2 is 2.04 bits per heavy atom. The van der Waals surface area contributed by atoms with Crippen LogP contribution in [-0.4, -0.2) is 21.6 Å². The lowest BCUT2D eigenvalue weighted by atomic mass is 10.2. The lowest BCUT2D eigenvalue weighted by molar-refractivity contribution is -0.122. The predicted octanol–water partition coefficient (Wildman–Crippen LogP) is 3.77. The normalized spacial score (nSPS) is 12.1. The van der Waals surface area contributed by atoms with Crippen LogP contribution in [0.25, 0.3) is 11.0 Å². The number of fused-ring (bicyclic) bond motifs is 1. The Hall–Kier alpha value is -2.82.